The molecule has 2 unspecified atom stereocenters. The lowest BCUT2D eigenvalue weighted by Crippen LogP contribution is -2.34. The summed E-state index contributed by atoms with van der Waals surface area (Å²) >= 11 is 0. The Bertz CT molecular complexity index is 433. The van der Waals surface area contributed by atoms with Gasteiger partial charge in [0.1, 0.15) is 5.75 Å². The highest BCUT2D eigenvalue weighted by molar-refractivity contribution is 5.93. The smallest absolute Gasteiger partial charge is 0.228 e. The molecule has 0 saturated heterocycles. The number of aromatic hydroxyl groups is 1. The Morgan fingerprint density at radius 3 is 2.39 bits per heavy atom. The third-order valence-electron chi connectivity index (χ3n) is 3.09. The summed E-state index contributed by atoms with van der Waals surface area (Å²) < 4.78 is 0. The monoisotopic (exact) mass is 272 g/mol. The van der Waals surface area contributed by atoms with E-state index >= 15 is 0 Å². The number of carbonyl (C=O) groups excluding carboxylic acids is 1. The predicted octanol–water partition coefficient (Wildman–Crippen LogP) is 2.35. The van der Waals surface area contributed by atoms with E-state index < -0.39 is 0 Å². The second-order valence-electron chi connectivity index (χ2n) is 4.54. The van der Waals surface area contributed by atoms with Crippen LogP contribution in [0, 0.1) is 19.8 Å². The number of nitrogens with one attached hydrogen (secondary N) is 1. The van der Waals surface area contributed by atoms with Gasteiger partial charge in [-0.05, 0) is 32.4 Å². The molecule has 1 aromatic rings. The maximum absolute atomic E-state index is 11.8. The summed E-state index contributed by atoms with van der Waals surface area (Å²) in [5.41, 5.74) is 7.77. The van der Waals surface area contributed by atoms with Gasteiger partial charge in [0.05, 0.1) is 5.92 Å². The molecular formula is C13H21ClN2O2. The van der Waals surface area contributed by atoms with Crippen LogP contribution < -0.4 is 11.1 Å². The minimum absolute atomic E-state index is 0. The minimum Gasteiger partial charge on any atom is -0.507 e. The largest absolute Gasteiger partial charge is 0.507 e. The van der Waals surface area contributed by atoms with Gasteiger partial charge in [0.25, 0.3) is 0 Å². The summed E-state index contributed by atoms with van der Waals surface area (Å²) in [6.45, 7) is 7.17. The van der Waals surface area contributed by atoms with Gasteiger partial charge in [-0.3, -0.25) is 4.79 Å². The molecule has 0 heterocycles. The molecule has 0 aromatic heterocycles. The summed E-state index contributed by atoms with van der Waals surface area (Å²) in [5, 5.41) is 12.6. The number of phenolic OH excluding ortho intramolecular Hbond substituents is 1. The fourth-order valence-electron chi connectivity index (χ4n) is 1.46. The van der Waals surface area contributed by atoms with E-state index in [2.05, 4.69) is 5.32 Å². The minimum atomic E-state index is -0.266. The Morgan fingerprint density at radius 1 is 1.33 bits per heavy atom. The van der Waals surface area contributed by atoms with Crippen molar-refractivity contribution in [2.75, 3.05) is 5.32 Å². The Hall–Kier alpha value is -1.26. The van der Waals surface area contributed by atoms with Gasteiger partial charge in [0, 0.05) is 17.3 Å². The van der Waals surface area contributed by atoms with Crippen LogP contribution >= 0.6 is 12.4 Å². The zero-order valence-electron chi connectivity index (χ0n) is 11.2. The molecular weight excluding hydrogens is 252 g/mol. The van der Waals surface area contributed by atoms with Crippen molar-refractivity contribution in [3.63, 3.8) is 0 Å². The van der Waals surface area contributed by atoms with Crippen molar-refractivity contribution in [3.8, 4) is 5.75 Å². The number of nitrogens with two attached hydrogens (primary N) is 1. The van der Waals surface area contributed by atoms with E-state index in [0.717, 1.165) is 5.56 Å². The summed E-state index contributed by atoms with van der Waals surface area (Å²) in [5.74, 6) is -0.180. The molecule has 0 aliphatic carbocycles. The molecule has 0 aliphatic rings. The summed E-state index contributed by atoms with van der Waals surface area (Å²) in [6.07, 6.45) is 0. The van der Waals surface area contributed by atoms with E-state index in [1.54, 1.807) is 32.9 Å². The first-order valence-corrected chi connectivity index (χ1v) is 5.70. The third kappa shape index (κ3) is 3.62. The molecule has 102 valence electrons. The lowest BCUT2D eigenvalue weighted by molar-refractivity contribution is -0.119. The summed E-state index contributed by atoms with van der Waals surface area (Å²) in [7, 11) is 0. The molecule has 0 spiro atoms. The predicted molar refractivity (Wildman–Crippen MR) is 76.3 cm³/mol. The molecule has 1 rings (SSSR count). The fourth-order valence-corrected chi connectivity index (χ4v) is 1.46. The molecule has 0 saturated carbocycles. The second kappa shape index (κ2) is 6.61. The van der Waals surface area contributed by atoms with E-state index in [1.807, 2.05) is 6.92 Å². The van der Waals surface area contributed by atoms with Crippen molar-refractivity contribution in [1.29, 1.82) is 0 Å². The fraction of sp³-hybridized carbons (Fsp3) is 0.462. The van der Waals surface area contributed by atoms with E-state index in [0.29, 0.717) is 11.3 Å². The number of phenols is 1. The van der Waals surface area contributed by atoms with Gasteiger partial charge in [0.15, 0.2) is 0 Å². The molecule has 0 aliphatic heterocycles. The van der Waals surface area contributed by atoms with Crippen LogP contribution in [0.3, 0.4) is 0 Å². The van der Waals surface area contributed by atoms with Crippen molar-refractivity contribution < 1.29 is 9.90 Å². The zero-order valence-corrected chi connectivity index (χ0v) is 12.0. The second-order valence-corrected chi connectivity index (χ2v) is 4.54. The first kappa shape index (κ1) is 16.7. The van der Waals surface area contributed by atoms with E-state index in [4.69, 9.17) is 5.73 Å². The Kier molecular flexibility index (Phi) is 6.15. The van der Waals surface area contributed by atoms with Crippen LogP contribution in [0.5, 0.6) is 5.75 Å². The average Bonchev–Trinajstić information content (AvgIpc) is 2.28. The molecule has 0 fully saturated rings. The van der Waals surface area contributed by atoms with Gasteiger partial charge in [-0.2, -0.15) is 0 Å². The average molecular weight is 273 g/mol. The molecule has 4 nitrogen and oxygen atoms in total. The van der Waals surface area contributed by atoms with Crippen LogP contribution in [0.2, 0.25) is 0 Å². The molecule has 1 amide bonds. The molecule has 1 aromatic carbocycles. The zero-order chi connectivity index (χ0) is 13.2. The van der Waals surface area contributed by atoms with Crippen LogP contribution in [0.25, 0.3) is 0 Å². The number of rotatable bonds is 3. The molecule has 0 radical (unpaired) electrons. The van der Waals surface area contributed by atoms with Crippen molar-refractivity contribution in [3.05, 3.63) is 23.3 Å². The van der Waals surface area contributed by atoms with Gasteiger partial charge in [-0.1, -0.05) is 13.0 Å². The third-order valence-corrected chi connectivity index (χ3v) is 3.09. The number of anilines is 1. The number of hydrogen-bond donors (Lipinski definition) is 3. The number of aryl methyl sites for hydroxylation is 1. The van der Waals surface area contributed by atoms with Crippen LogP contribution in [-0.4, -0.2) is 17.1 Å². The van der Waals surface area contributed by atoms with Crippen molar-refractivity contribution in [2.45, 2.75) is 33.7 Å². The van der Waals surface area contributed by atoms with Crippen LogP contribution in [0.15, 0.2) is 12.1 Å². The first-order valence-electron chi connectivity index (χ1n) is 5.70. The lowest BCUT2D eigenvalue weighted by Gasteiger charge is -2.17. The highest BCUT2D eigenvalue weighted by Crippen LogP contribution is 2.28. The maximum Gasteiger partial charge on any atom is 0.228 e. The maximum atomic E-state index is 11.8. The molecule has 0 bridgehead atoms. The van der Waals surface area contributed by atoms with Crippen LogP contribution in [-0.2, 0) is 4.79 Å². The number of benzene rings is 1. The van der Waals surface area contributed by atoms with E-state index in [9.17, 15) is 9.90 Å². The van der Waals surface area contributed by atoms with E-state index in [1.165, 1.54) is 0 Å². The van der Waals surface area contributed by atoms with Gasteiger partial charge < -0.3 is 16.2 Å². The van der Waals surface area contributed by atoms with Crippen LogP contribution in [0.1, 0.15) is 25.0 Å². The molecule has 4 N–H and O–H groups in total. The summed E-state index contributed by atoms with van der Waals surface area (Å²) in [4.78, 5) is 11.8. The number of halogens is 1. The van der Waals surface area contributed by atoms with Crippen molar-refractivity contribution >= 4 is 24.0 Å². The van der Waals surface area contributed by atoms with Crippen molar-refractivity contribution in [2.24, 2.45) is 11.7 Å². The number of carbonyl (C=O) groups is 1. The normalized spacial score (nSPS) is 13.4. The van der Waals surface area contributed by atoms with E-state index in [-0.39, 0.29) is 36.0 Å². The van der Waals surface area contributed by atoms with Gasteiger partial charge in [-0.25, -0.2) is 0 Å². The lowest BCUT2D eigenvalue weighted by atomic mass is 10.0. The molecule has 2 atom stereocenters. The topological polar surface area (TPSA) is 75.4 Å². The number of hydrogen-bond acceptors (Lipinski definition) is 3. The van der Waals surface area contributed by atoms with Crippen LogP contribution in [0.4, 0.5) is 5.69 Å². The first-order chi connectivity index (χ1) is 7.84. The van der Waals surface area contributed by atoms with Gasteiger partial charge in [-0.15, -0.1) is 12.4 Å². The number of amides is 1. The Labute approximate surface area is 114 Å². The van der Waals surface area contributed by atoms with Crippen molar-refractivity contribution in [1.82, 2.24) is 0 Å². The molecule has 18 heavy (non-hydrogen) atoms. The Morgan fingerprint density at radius 2 is 1.89 bits per heavy atom. The molecule has 5 heteroatoms. The quantitative estimate of drug-likeness (QED) is 0.791. The van der Waals surface area contributed by atoms with Gasteiger partial charge in [0.2, 0.25) is 5.91 Å². The Balaban J connectivity index is 0.00000289. The highest BCUT2D eigenvalue weighted by atomic mass is 35.5. The SMILES string of the molecule is Cc1ccc(NC(=O)C(C)C(C)N)c(C)c1O.Cl. The highest BCUT2D eigenvalue weighted by Gasteiger charge is 2.18. The summed E-state index contributed by atoms with van der Waals surface area (Å²) in [6, 6.07) is 3.36. The van der Waals surface area contributed by atoms with Gasteiger partial charge >= 0.3 is 0 Å². The standard InChI is InChI=1S/C13H20N2O2.ClH/c1-7-5-6-11(9(3)12(7)16)15-13(17)8(2)10(4)14;/h5-6,8,10,16H,14H2,1-4H3,(H,15,17);1H.